The molecular weight excluding hydrogens is 289 g/mol. The van der Waals surface area contributed by atoms with Crippen LogP contribution in [0.5, 0.6) is 5.75 Å². The van der Waals surface area contributed by atoms with Gasteiger partial charge in [-0.3, -0.25) is 4.79 Å². The van der Waals surface area contributed by atoms with E-state index >= 15 is 0 Å². The molecule has 0 heterocycles. The number of nitrogens with one attached hydrogen (secondary N) is 1. The van der Waals surface area contributed by atoms with E-state index in [1.165, 1.54) is 19.2 Å². The third-order valence-corrected chi connectivity index (χ3v) is 2.77. The first-order chi connectivity index (χ1) is 10.6. The molecule has 0 bridgehead atoms. The fourth-order valence-electron chi connectivity index (χ4n) is 1.70. The van der Waals surface area contributed by atoms with Crippen LogP contribution in [0.3, 0.4) is 0 Å². The molecule has 0 aliphatic carbocycles. The summed E-state index contributed by atoms with van der Waals surface area (Å²) in [6, 6.07) is 11.7. The molecule has 2 aromatic carbocycles. The van der Waals surface area contributed by atoms with Crippen LogP contribution in [0.25, 0.3) is 0 Å². The predicted molar refractivity (Wildman–Crippen MR) is 78.3 cm³/mol. The first-order valence-corrected chi connectivity index (χ1v) is 6.45. The lowest BCUT2D eigenvalue weighted by Gasteiger charge is -2.08. The van der Waals surface area contributed by atoms with Gasteiger partial charge in [-0.25, -0.2) is 9.18 Å². The summed E-state index contributed by atoms with van der Waals surface area (Å²) in [6.45, 7) is -0.437. The second kappa shape index (κ2) is 7.21. The highest BCUT2D eigenvalue weighted by Crippen LogP contribution is 2.16. The lowest BCUT2D eigenvalue weighted by molar-refractivity contribution is -0.119. The zero-order chi connectivity index (χ0) is 15.9. The Hall–Kier alpha value is -2.89. The van der Waals surface area contributed by atoms with Crippen LogP contribution in [0, 0.1) is 5.82 Å². The Morgan fingerprint density at radius 3 is 2.55 bits per heavy atom. The van der Waals surface area contributed by atoms with E-state index in [0.29, 0.717) is 11.4 Å². The molecule has 0 aliphatic rings. The summed E-state index contributed by atoms with van der Waals surface area (Å²) in [5.41, 5.74) is 0.706. The van der Waals surface area contributed by atoms with Crippen LogP contribution >= 0.6 is 0 Å². The van der Waals surface area contributed by atoms with Crippen molar-refractivity contribution in [2.45, 2.75) is 0 Å². The van der Waals surface area contributed by atoms with Crippen LogP contribution in [0.15, 0.2) is 48.5 Å². The van der Waals surface area contributed by atoms with Crippen molar-refractivity contribution in [2.24, 2.45) is 0 Å². The SMILES string of the molecule is COc1cccc(NC(=O)COC(=O)c2ccc(F)cc2)c1. The van der Waals surface area contributed by atoms with Gasteiger partial charge < -0.3 is 14.8 Å². The predicted octanol–water partition coefficient (Wildman–Crippen LogP) is 2.63. The van der Waals surface area contributed by atoms with Crippen molar-refractivity contribution in [1.29, 1.82) is 0 Å². The van der Waals surface area contributed by atoms with E-state index in [0.717, 1.165) is 12.1 Å². The maximum Gasteiger partial charge on any atom is 0.338 e. The largest absolute Gasteiger partial charge is 0.497 e. The monoisotopic (exact) mass is 303 g/mol. The number of hydrogen-bond donors (Lipinski definition) is 1. The lowest BCUT2D eigenvalue weighted by atomic mass is 10.2. The van der Waals surface area contributed by atoms with Gasteiger partial charge in [-0.1, -0.05) is 6.07 Å². The number of amides is 1. The van der Waals surface area contributed by atoms with E-state index < -0.39 is 24.3 Å². The first-order valence-electron chi connectivity index (χ1n) is 6.45. The summed E-state index contributed by atoms with van der Waals surface area (Å²) in [5, 5.41) is 2.58. The lowest BCUT2D eigenvalue weighted by Crippen LogP contribution is -2.20. The second-order valence-electron chi connectivity index (χ2n) is 4.36. The fraction of sp³-hybridized carbons (Fsp3) is 0.125. The van der Waals surface area contributed by atoms with E-state index in [9.17, 15) is 14.0 Å². The van der Waals surface area contributed by atoms with E-state index in [4.69, 9.17) is 9.47 Å². The maximum atomic E-state index is 12.7. The van der Waals surface area contributed by atoms with Crippen LogP contribution in [0.1, 0.15) is 10.4 Å². The van der Waals surface area contributed by atoms with E-state index in [2.05, 4.69) is 5.32 Å². The van der Waals surface area contributed by atoms with Gasteiger partial charge in [0, 0.05) is 11.8 Å². The van der Waals surface area contributed by atoms with Crippen LogP contribution in [-0.2, 0) is 9.53 Å². The maximum absolute atomic E-state index is 12.7. The van der Waals surface area contributed by atoms with Gasteiger partial charge >= 0.3 is 5.97 Å². The molecule has 2 aromatic rings. The van der Waals surface area contributed by atoms with Crippen LogP contribution in [0.4, 0.5) is 10.1 Å². The normalized spacial score (nSPS) is 9.91. The Bertz CT molecular complexity index is 670. The van der Waals surface area contributed by atoms with Gasteiger partial charge in [0.05, 0.1) is 12.7 Å². The number of benzene rings is 2. The molecule has 0 aromatic heterocycles. The molecule has 1 N–H and O–H groups in total. The zero-order valence-corrected chi connectivity index (χ0v) is 11.8. The molecule has 1 amide bonds. The highest BCUT2D eigenvalue weighted by molar-refractivity contribution is 5.95. The van der Waals surface area contributed by atoms with Crippen molar-refractivity contribution in [3.05, 3.63) is 59.9 Å². The summed E-state index contributed by atoms with van der Waals surface area (Å²) < 4.78 is 22.6. The van der Waals surface area contributed by atoms with E-state index in [1.54, 1.807) is 24.3 Å². The van der Waals surface area contributed by atoms with Crippen LogP contribution in [0.2, 0.25) is 0 Å². The number of carbonyl (C=O) groups excluding carboxylic acids is 2. The van der Waals surface area contributed by atoms with Crippen molar-refractivity contribution >= 4 is 17.6 Å². The number of carbonyl (C=O) groups is 2. The van der Waals surface area contributed by atoms with Crippen molar-refractivity contribution in [1.82, 2.24) is 0 Å². The van der Waals surface area contributed by atoms with Crippen molar-refractivity contribution < 1.29 is 23.5 Å². The van der Waals surface area contributed by atoms with E-state index in [1.807, 2.05) is 0 Å². The number of esters is 1. The van der Waals surface area contributed by atoms with Crippen molar-refractivity contribution in [3.63, 3.8) is 0 Å². The number of anilines is 1. The van der Waals surface area contributed by atoms with Gasteiger partial charge in [0.2, 0.25) is 0 Å². The zero-order valence-electron chi connectivity index (χ0n) is 11.8. The Balaban J connectivity index is 1.87. The van der Waals surface area contributed by atoms with Gasteiger partial charge in [0.15, 0.2) is 6.61 Å². The first kappa shape index (κ1) is 15.5. The molecule has 0 saturated carbocycles. The number of methoxy groups -OCH3 is 1. The highest BCUT2D eigenvalue weighted by Gasteiger charge is 2.10. The summed E-state index contributed by atoms with van der Waals surface area (Å²) in [5.74, 6) is -1.03. The topological polar surface area (TPSA) is 64.6 Å². The third-order valence-electron chi connectivity index (χ3n) is 2.77. The average Bonchev–Trinajstić information content (AvgIpc) is 2.53. The molecule has 0 atom stereocenters. The Labute approximate surface area is 126 Å². The molecule has 6 heteroatoms. The molecule has 0 fully saturated rings. The average molecular weight is 303 g/mol. The van der Waals surface area contributed by atoms with E-state index in [-0.39, 0.29) is 5.56 Å². The standard InChI is InChI=1S/C16H14FNO4/c1-21-14-4-2-3-13(9-14)18-15(19)10-22-16(20)11-5-7-12(17)8-6-11/h2-9H,10H2,1H3,(H,18,19). The van der Waals surface area contributed by atoms with Crippen LogP contribution in [-0.4, -0.2) is 25.6 Å². The molecular formula is C16H14FNO4. The molecule has 114 valence electrons. The van der Waals surface area contributed by atoms with Crippen molar-refractivity contribution in [2.75, 3.05) is 19.0 Å². The molecule has 0 unspecified atom stereocenters. The number of rotatable bonds is 5. The smallest absolute Gasteiger partial charge is 0.338 e. The Morgan fingerprint density at radius 1 is 1.14 bits per heavy atom. The molecule has 5 nitrogen and oxygen atoms in total. The fourth-order valence-corrected chi connectivity index (χ4v) is 1.70. The second-order valence-corrected chi connectivity index (χ2v) is 4.36. The molecule has 2 rings (SSSR count). The summed E-state index contributed by atoms with van der Waals surface area (Å²) in [6.07, 6.45) is 0. The molecule has 0 saturated heterocycles. The third kappa shape index (κ3) is 4.31. The minimum absolute atomic E-state index is 0.176. The minimum Gasteiger partial charge on any atom is -0.497 e. The number of halogens is 1. The van der Waals surface area contributed by atoms with Gasteiger partial charge in [0.25, 0.3) is 5.91 Å². The molecule has 0 spiro atoms. The molecule has 0 radical (unpaired) electrons. The van der Waals surface area contributed by atoms with Gasteiger partial charge in [-0.15, -0.1) is 0 Å². The highest BCUT2D eigenvalue weighted by atomic mass is 19.1. The van der Waals surface area contributed by atoms with Gasteiger partial charge in [0.1, 0.15) is 11.6 Å². The summed E-state index contributed by atoms with van der Waals surface area (Å²) >= 11 is 0. The quantitative estimate of drug-likeness (QED) is 0.862. The number of hydrogen-bond acceptors (Lipinski definition) is 4. The van der Waals surface area contributed by atoms with Crippen molar-refractivity contribution in [3.8, 4) is 5.75 Å². The minimum atomic E-state index is -0.694. The summed E-state index contributed by atoms with van der Waals surface area (Å²) in [7, 11) is 1.52. The Kier molecular flexibility index (Phi) is 5.08. The summed E-state index contributed by atoms with van der Waals surface area (Å²) in [4.78, 5) is 23.4. The van der Waals surface area contributed by atoms with Gasteiger partial charge in [-0.2, -0.15) is 0 Å². The Morgan fingerprint density at radius 2 is 1.86 bits per heavy atom. The number of ether oxygens (including phenoxy) is 2. The van der Waals surface area contributed by atoms with Gasteiger partial charge in [-0.05, 0) is 36.4 Å². The molecule has 22 heavy (non-hydrogen) atoms. The molecule has 0 aliphatic heterocycles. The van der Waals surface area contributed by atoms with Crippen LogP contribution < -0.4 is 10.1 Å².